The predicted molar refractivity (Wildman–Crippen MR) is 120 cm³/mol. The SMILES string of the molecule is Cn1c(=O)c2cc(S(=O)(=O)NCCOc3ccc(C(C)(C)C)cc3)ccc2n(C)c1=O. The summed E-state index contributed by atoms with van der Waals surface area (Å²) in [4.78, 5) is 24.4. The zero-order valence-corrected chi connectivity index (χ0v) is 19.1. The van der Waals surface area contributed by atoms with Gasteiger partial charge in [0.2, 0.25) is 10.0 Å². The minimum absolute atomic E-state index is 0.0430. The van der Waals surface area contributed by atoms with Crippen molar-refractivity contribution in [2.75, 3.05) is 13.2 Å². The van der Waals surface area contributed by atoms with E-state index in [9.17, 15) is 18.0 Å². The molecule has 0 aliphatic heterocycles. The second-order valence-electron chi connectivity index (χ2n) is 8.41. The van der Waals surface area contributed by atoms with E-state index in [2.05, 4.69) is 25.5 Å². The van der Waals surface area contributed by atoms with Gasteiger partial charge in [-0.2, -0.15) is 0 Å². The van der Waals surface area contributed by atoms with Gasteiger partial charge in [-0.15, -0.1) is 0 Å². The summed E-state index contributed by atoms with van der Waals surface area (Å²) in [5.41, 5.74) is 0.576. The highest BCUT2D eigenvalue weighted by atomic mass is 32.2. The van der Waals surface area contributed by atoms with Gasteiger partial charge in [-0.1, -0.05) is 32.9 Å². The summed E-state index contributed by atoms with van der Waals surface area (Å²) in [6.45, 7) is 6.59. The van der Waals surface area contributed by atoms with E-state index in [0.717, 1.165) is 4.57 Å². The van der Waals surface area contributed by atoms with Crippen molar-refractivity contribution in [1.82, 2.24) is 13.9 Å². The van der Waals surface area contributed by atoms with Gasteiger partial charge in [0.15, 0.2) is 0 Å². The van der Waals surface area contributed by atoms with E-state index >= 15 is 0 Å². The van der Waals surface area contributed by atoms with Crippen LogP contribution in [0.1, 0.15) is 26.3 Å². The maximum atomic E-state index is 12.6. The Balaban J connectivity index is 1.70. The molecule has 166 valence electrons. The lowest BCUT2D eigenvalue weighted by Gasteiger charge is -2.19. The third-order valence-electron chi connectivity index (χ3n) is 5.13. The van der Waals surface area contributed by atoms with E-state index in [-0.39, 0.29) is 28.8 Å². The molecule has 0 radical (unpaired) electrons. The maximum Gasteiger partial charge on any atom is 0.330 e. The molecular formula is C22H27N3O5S. The van der Waals surface area contributed by atoms with Gasteiger partial charge >= 0.3 is 5.69 Å². The lowest BCUT2D eigenvalue weighted by Crippen LogP contribution is -2.37. The smallest absolute Gasteiger partial charge is 0.330 e. The molecule has 0 fully saturated rings. The molecule has 1 aromatic heterocycles. The van der Waals surface area contributed by atoms with Gasteiger partial charge in [-0.3, -0.25) is 13.9 Å². The van der Waals surface area contributed by atoms with Gasteiger partial charge in [0.1, 0.15) is 12.4 Å². The number of sulfonamides is 1. The van der Waals surface area contributed by atoms with Gasteiger partial charge in [0.05, 0.1) is 15.8 Å². The first-order valence-electron chi connectivity index (χ1n) is 9.84. The Hall–Kier alpha value is -2.91. The van der Waals surface area contributed by atoms with E-state index in [1.807, 2.05) is 24.3 Å². The summed E-state index contributed by atoms with van der Waals surface area (Å²) < 4.78 is 35.6. The number of hydrogen-bond donors (Lipinski definition) is 1. The van der Waals surface area contributed by atoms with Crippen LogP contribution in [0.15, 0.2) is 56.9 Å². The normalized spacial score (nSPS) is 12.3. The van der Waals surface area contributed by atoms with Crippen LogP contribution in [0.25, 0.3) is 10.9 Å². The number of aryl methyl sites for hydroxylation is 1. The summed E-state index contributed by atoms with van der Waals surface area (Å²) in [5, 5.41) is 0.155. The zero-order chi connectivity index (χ0) is 23.0. The van der Waals surface area contributed by atoms with Crippen molar-refractivity contribution in [3.63, 3.8) is 0 Å². The van der Waals surface area contributed by atoms with Crippen molar-refractivity contribution >= 4 is 20.9 Å². The number of nitrogens with zero attached hydrogens (tertiary/aromatic N) is 2. The topological polar surface area (TPSA) is 99.4 Å². The number of rotatable bonds is 6. The molecule has 0 saturated heterocycles. The Labute approximate surface area is 181 Å². The number of fused-ring (bicyclic) bond motifs is 1. The molecule has 31 heavy (non-hydrogen) atoms. The fourth-order valence-electron chi connectivity index (χ4n) is 3.22. The number of hydrogen-bond acceptors (Lipinski definition) is 5. The molecule has 2 aromatic carbocycles. The Morgan fingerprint density at radius 3 is 2.23 bits per heavy atom. The van der Waals surface area contributed by atoms with Crippen LogP contribution in [0.2, 0.25) is 0 Å². The van der Waals surface area contributed by atoms with E-state index < -0.39 is 21.3 Å². The van der Waals surface area contributed by atoms with Crippen molar-refractivity contribution < 1.29 is 13.2 Å². The summed E-state index contributed by atoms with van der Waals surface area (Å²) >= 11 is 0. The van der Waals surface area contributed by atoms with Crippen molar-refractivity contribution in [3.8, 4) is 5.75 Å². The Morgan fingerprint density at radius 2 is 1.61 bits per heavy atom. The van der Waals surface area contributed by atoms with E-state index in [4.69, 9.17) is 4.74 Å². The summed E-state index contributed by atoms with van der Waals surface area (Å²) in [6, 6.07) is 11.8. The quantitative estimate of drug-likeness (QED) is 0.584. The third kappa shape index (κ3) is 4.72. The van der Waals surface area contributed by atoms with Crippen LogP contribution in [0.3, 0.4) is 0 Å². The molecular weight excluding hydrogens is 418 g/mol. The van der Waals surface area contributed by atoms with Gasteiger partial charge in [-0.25, -0.2) is 17.9 Å². The first kappa shape index (κ1) is 22.8. The Morgan fingerprint density at radius 1 is 0.968 bits per heavy atom. The fourth-order valence-corrected chi connectivity index (χ4v) is 4.26. The summed E-state index contributed by atoms with van der Waals surface area (Å²) in [7, 11) is -0.965. The summed E-state index contributed by atoms with van der Waals surface area (Å²) in [5.74, 6) is 0.655. The molecule has 1 N–H and O–H groups in total. The standard InChI is InChI=1S/C22H27N3O5S/c1-22(2,3)15-6-8-16(9-7-15)30-13-12-23-31(28,29)17-10-11-19-18(14-17)20(26)25(5)21(27)24(19)4/h6-11,14,23H,12-13H2,1-5H3. The molecule has 0 spiro atoms. The van der Waals surface area contributed by atoms with Crippen LogP contribution >= 0.6 is 0 Å². The van der Waals surface area contributed by atoms with Crippen LogP contribution in [0, 0.1) is 0 Å². The Bertz CT molecular complexity index is 1330. The molecule has 0 aliphatic rings. The third-order valence-corrected chi connectivity index (χ3v) is 6.59. The van der Waals surface area contributed by atoms with Crippen molar-refractivity contribution in [2.45, 2.75) is 31.1 Å². The Kier molecular flexibility index (Phi) is 6.11. The van der Waals surface area contributed by atoms with Gasteiger partial charge in [0.25, 0.3) is 5.56 Å². The zero-order valence-electron chi connectivity index (χ0n) is 18.3. The number of ether oxygens (including phenoxy) is 1. The molecule has 0 aliphatic carbocycles. The minimum Gasteiger partial charge on any atom is -0.492 e. The predicted octanol–water partition coefficient (Wildman–Crippen LogP) is 1.89. The van der Waals surface area contributed by atoms with Crippen molar-refractivity contribution in [2.24, 2.45) is 14.1 Å². The largest absolute Gasteiger partial charge is 0.492 e. The first-order chi connectivity index (χ1) is 14.4. The van der Waals surface area contributed by atoms with E-state index in [1.165, 1.54) is 42.4 Å². The highest BCUT2D eigenvalue weighted by Crippen LogP contribution is 2.24. The lowest BCUT2D eigenvalue weighted by atomic mass is 9.87. The van der Waals surface area contributed by atoms with Crippen LogP contribution in [0.5, 0.6) is 5.75 Å². The monoisotopic (exact) mass is 445 g/mol. The van der Waals surface area contributed by atoms with Crippen molar-refractivity contribution in [1.29, 1.82) is 0 Å². The number of nitrogens with one attached hydrogen (secondary N) is 1. The molecule has 0 amide bonds. The molecule has 0 atom stereocenters. The number of benzene rings is 2. The highest BCUT2D eigenvalue weighted by Gasteiger charge is 2.17. The maximum absolute atomic E-state index is 12.6. The molecule has 0 unspecified atom stereocenters. The molecule has 9 heteroatoms. The highest BCUT2D eigenvalue weighted by molar-refractivity contribution is 7.89. The molecule has 8 nitrogen and oxygen atoms in total. The van der Waals surface area contributed by atoms with Gasteiger partial charge in [0, 0.05) is 20.6 Å². The van der Waals surface area contributed by atoms with Gasteiger partial charge in [-0.05, 0) is 41.3 Å². The minimum atomic E-state index is -3.85. The lowest BCUT2D eigenvalue weighted by molar-refractivity contribution is 0.322. The summed E-state index contributed by atoms with van der Waals surface area (Å²) in [6.07, 6.45) is 0. The second kappa shape index (κ2) is 8.32. The van der Waals surface area contributed by atoms with Gasteiger partial charge < -0.3 is 4.74 Å². The second-order valence-corrected chi connectivity index (χ2v) is 10.2. The average molecular weight is 446 g/mol. The molecule has 3 rings (SSSR count). The molecule has 0 bridgehead atoms. The number of aromatic nitrogens is 2. The van der Waals surface area contributed by atoms with Crippen LogP contribution in [-0.2, 0) is 29.5 Å². The van der Waals surface area contributed by atoms with E-state index in [1.54, 1.807) is 0 Å². The molecule has 0 saturated carbocycles. The average Bonchev–Trinajstić information content (AvgIpc) is 2.73. The molecule has 1 heterocycles. The van der Waals surface area contributed by atoms with Crippen LogP contribution in [-0.4, -0.2) is 30.7 Å². The van der Waals surface area contributed by atoms with Crippen LogP contribution < -0.4 is 20.7 Å². The molecule has 3 aromatic rings. The van der Waals surface area contributed by atoms with Crippen LogP contribution in [0.4, 0.5) is 0 Å². The van der Waals surface area contributed by atoms with E-state index in [0.29, 0.717) is 11.3 Å². The first-order valence-corrected chi connectivity index (χ1v) is 11.3. The fraction of sp³-hybridized carbons (Fsp3) is 0.364. The van der Waals surface area contributed by atoms with Crippen molar-refractivity contribution in [3.05, 3.63) is 68.9 Å².